The highest BCUT2D eigenvalue weighted by Crippen LogP contribution is 2.36. The molecule has 0 unspecified atom stereocenters. The van der Waals surface area contributed by atoms with E-state index < -0.39 is 5.60 Å². The summed E-state index contributed by atoms with van der Waals surface area (Å²) in [7, 11) is 0. The first-order valence-corrected chi connectivity index (χ1v) is 13.5. The van der Waals surface area contributed by atoms with E-state index in [4.69, 9.17) is 21.1 Å². The first-order chi connectivity index (χ1) is 16.8. The van der Waals surface area contributed by atoms with E-state index in [1.54, 1.807) is 4.90 Å². The molecule has 2 saturated carbocycles. The number of azo groups is 1. The highest BCUT2D eigenvalue weighted by Gasteiger charge is 2.32. The molecule has 0 radical (unpaired) electrons. The molecule has 2 fully saturated rings. The van der Waals surface area contributed by atoms with Crippen LogP contribution in [0.1, 0.15) is 84.1 Å². The fraction of sp³-hybridized carbons (Fsp3) is 0.667. The summed E-state index contributed by atoms with van der Waals surface area (Å²) in [5.74, 6) is 0.326. The Morgan fingerprint density at radius 3 is 2.51 bits per heavy atom. The number of aromatic amines is 1. The molecule has 0 saturated heterocycles. The molecule has 0 atom stereocenters. The lowest BCUT2D eigenvalue weighted by Gasteiger charge is -2.33. The predicted molar refractivity (Wildman–Crippen MR) is 138 cm³/mol. The number of nitrogens with zero attached hydrogens (tertiary/aromatic N) is 3. The van der Waals surface area contributed by atoms with Gasteiger partial charge in [0, 0.05) is 23.1 Å². The Labute approximate surface area is 212 Å². The zero-order valence-corrected chi connectivity index (χ0v) is 21.9. The van der Waals surface area contributed by atoms with Crippen LogP contribution in [0.4, 0.5) is 10.5 Å². The van der Waals surface area contributed by atoms with E-state index in [-0.39, 0.29) is 6.09 Å². The third kappa shape index (κ3) is 5.51. The van der Waals surface area contributed by atoms with Crippen LogP contribution in [-0.2, 0) is 16.0 Å². The number of fused-ring (bicyclic) bond motifs is 3. The van der Waals surface area contributed by atoms with E-state index >= 15 is 0 Å². The van der Waals surface area contributed by atoms with Crippen molar-refractivity contribution in [2.24, 2.45) is 16.1 Å². The Balaban J connectivity index is 1.42. The number of anilines is 1. The minimum Gasteiger partial charge on any atom is -0.443 e. The summed E-state index contributed by atoms with van der Waals surface area (Å²) in [6.45, 7) is 6.39. The molecule has 8 heteroatoms. The highest BCUT2D eigenvalue weighted by atomic mass is 35.5. The second-order valence-electron chi connectivity index (χ2n) is 11.2. The number of hydrogen-bond acceptors (Lipinski definition) is 5. The van der Waals surface area contributed by atoms with Crippen molar-refractivity contribution in [3.63, 3.8) is 0 Å². The highest BCUT2D eigenvalue weighted by molar-refractivity contribution is 6.34. The van der Waals surface area contributed by atoms with Crippen molar-refractivity contribution in [3.8, 4) is 0 Å². The fourth-order valence-electron chi connectivity index (χ4n) is 5.75. The largest absolute Gasteiger partial charge is 0.443 e. The zero-order chi connectivity index (χ0) is 24.6. The van der Waals surface area contributed by atoms with Crippen LogP contribution in [0.5, 0.6) is 0 Å². The molecule has 190 valence electrons. The molecule has 1 aromatic heterocycles. The van der Waals surface area contributed by atoms with Crippen LogP contribution in [0.3, 0.4) is 0 Å². The molecule has 0 aromatic carbocycles. The summed E-state index contributed by atoms with van der Waals surface area (Å²) >= 11 is 6.44. The van der Waals surface area contributed by atoms with E-state index in [0.717, 1.165) is 53.3 Å². The van der Waals surface area contributed by atoms with Gasteiger partial charge in [0.05, 0.1) is 40.8 Å². The second kappa shape index (κ2) is 10.1. The maximum Gasteiger partial charge on any atom is 0.415 e. The maximum absolute atomic E-state index is 13.1. The van der Waals surface area contributed by atoms with Crippen LogP contribution in [-0.4, -0.2) is 35.4 Å². The van der Waals surface area contributed by atoms with Crippen LogP contribution in [0.2, 0.25) is 0 Å². The lowest BCUT2D eigenvalue weighted by atomic mass is 9.84. The first-order valence-electron chi connectivity index (χ1n) is 13.1. The molecule has 1 amide bonds. The molecule has 5 rings (SSSR count). The van der Waals surface area contributed by atoms with Gasteiger partial charge in [0.15, 0.2) is 0 Å². The number of allylic oxidation sites excluding steroid dienone is 1. The monoisotopic (exact) mass is 500 g/mol. The van der Waals surface area contributed by atoms with Crippen LogP contribution in [0, 0.1) is 5.92 Å². The Morgan fingerprint density at radius 2 is 1.80 bits per heavy atom. The molecule has 7 nitrogen and oxygen atoms in total. The van der Waals surface area contributed by atoms with Gasteiger partial charge in [-0.1, -0.05) is 30.9 Å². The van der Waals surface area contributed by atoms with Crippen molar-refractivity contribution in [3.05, 3.63) is 27.4 Å². The molecule has 35 heavy (non-hydrogen) atoms. The summed E-state index contributed by atoms with van der Waals surface area (Å²) in [5.41, 5.74) is 2.19. The van der Waals surface area contributed by atoms with Gasteiger partial charge >= 0.3 is 6.09 Å². The number of halogens is 1. The van der Waals surface area contributed by atoms with Gasteiger partial charge in [0.1, 0.15) is 5.60 Å². The minimum atomic E-state index is -0.591. The second-order valence-corrected chi connectivity index (χ2v) is 11.7. The van der Waals surface area contributed by atoms with E-state index in [9.17, 15) is 4.79 Å². The Morgan fingerprint density at radius 1 is 1.09 bits per heavy atom. The smallest absolute Gasteiger partial charge is 0.415 e. The first kappa shape index (κ1) is 24.6. The molecule has 1 aromatic rings. The normalized spacial score (nSPS) is 25.3. The van der Waals surface area contributed by atoms with Crippen LogP contribution >= 0.6 is 11.6 Å². The number of carbonyl (C=O) groups is 1. The number of carbonyl (C=O) groups excluding carboxylic acids is 1. The molecule has 1 N–H and O–H groups in total. The van der Waals surface area contributed by atoms with E-state index in [0.29, 0.717) is 36.2 Å². The van der Waals surface area contributed by atoms with Gasteiger partial charge in [-0.3, -0.25) is 4.90 Å². The summed E-state index contributed by atoms with van der Waals surface area (Å²) in [4.78, 5) is 18.3. The van der Waals surface area contributed by atoms with Crippen molar-refractivity contribution < 1.29 is 14.3 Å². The van der Waals surface area contributed by atoms with Crippen molar-refractivity contribution >= 4 is 35.2 Å². The minimum absolute atomic E-state index is 0.326. The van der Waals surface area contributed by atoms with E-state index in [1.165, 1.54) is 32.1 Å². The number of ether oxygens (including phenoxy) is 2. The van der Waals surface area contributed by atoms with Gasteiger partial charge in [-0.05, 0) is 71.4 Å². The molecule has 3 heterocycles. The van der Waals surface area contributed by atoms with E-state index in [2.05, 4.69) is 15.2 Å². The predicted octanol–water partition coefficient (Wildman–Crippen LogP) is 5.66. The molecular formula is C27H37ClN4O3. The maximum atomic E-state index is 13.1. The summed E-state index contributed by atoms with van der Waals surface area (Å²) in [6, 6.07) is 0. The zero-order valence-electron chi connectivity index (χ0n) is 21.1. The Bertz CT molecular complexity index is 1130. The quantitative estimate of drug-likeness (QED) is 0.582. The topological polar surface area (TPSA) is 79.3 Å². The van der Waals surface area contributed by atoms with Crippen LogP contribution in [0.15, 0.2) is 21.3 Å². The molecule has 2 aliphatic heterocycles. The molecule has 0 bridgehead atoms. The lowest BCUT2D eigenvalue weighted by molar-refractivity contribution is -0.0482. The third-order valence-electron chi connectivity index (χ3n) is 7.40. The van der Waals surface area contributed by atoms with Gasteiger partial charge in [-0.25, -0.2) is 4.79 Å². The molecular weight excluding hydrogens is 464 g/mol. The number of H-pyrrole nitrogens is 1. The molecule has 2 aliphatic carbocycles. The number of rotatable bonds is 3. The van der Waals surface area contributed by atoms with Crippen LogP contribution in [0.25, 0.3) is 11.8 Å². The number of hydrogen-bond donors (Lipinski definition) is 1. The standard InChI is InChI=1S/C27H37ClN4O3/c1-27(2,3)35-26(33)32-14-13-18(28)15-22-25(32)21-16-29-31-23(24(21)30-22)17-9-11-20(12-10-17)34-19-7-5-4-6-8-19/h13,15,17,19-20,30H,4-12,14,16H2,1-3H3/t17-,20-. The van der Waals surface area contributed by atoms with Gasteiger partial charge in [0.2, 0.25) is 0 Å². The summed E-state index contributed by atoms with van der Waals surface area (Å²) in [6.07, 6.45) is 14.7. The van der Waals surface area contributed by atoms with Crippen molar-refractivity contribution in [2.45, 2.75) is 103 Å². The van der Waals surface area contributed by atoms with Crippen molar-refractivity contribution in [1.82, 2.24) is 4.98 Å². The lowest BCUT2D eigenvalue weighted by Crippen LogP contribution is -2.39. The van der Waals surface area contributed by atoms with Crippen molar-refractivity contribution in [2.75, 3.05) is 11.4 Å². The number of aromatic nitrogens is 1. The third-order valence-corrected chi connectivity index (χ3v) is 7.66. The molecule has 0 spiro atoms. The van der Waals surface area contributed by atoms with Gasteiger partial charge in [-0.2, -0.15) is 10.2 Å². The van der Waals surface area contributed by atoms with Crippen LogP contribution < -0.4 is 15.6 Å². The Kier molecular flexibility index (Phi) is 7.09. The Hall–Kier alpha value is -2.12. The fourth-order valence-corrected chi connectivity index (χ4v) is 5.93. The van der Waals surface area contributed by atoms with E-state index in [1.807, 2.05) is 32.9 Å². The van der Waals surface area contributed by atoms with Gasteiger partial charge in [-0.15, -0.1) is 0 Å². The molecule has 4 aliphatic rings. The number of nitrogens with one attached hydrogen (secondary N) is 1. The SMILES string of the molecule is CC(C)(C)OC(=O)N1CC=C(Cl)C=c2[nH]c3c(c21)CN=NC=3[C@H]1CC[C@H](OC2CCCCC2)CC1. The average Bonchev–Trinajstić information content (AvgIpc) is 3.08. The van der Waals surface area contributed by atoms with Crippen molar-refractivity contribution in [1.29, 1.82) is 0 Å². The summed E-state index contributed by atoms with van der Waals surface area (Å²) < 4.78 is 12.2. The average molecular weight is 501 g/mol. The summed E-state index contributed by atoms with van der Waals surface area (Å²) in [5, 5.41) is 11.5. The number of amides is 1. The van der Waals surface area contributed by atoms with Gasteiger partial charge < -0.3 is 14.5 Å². The van der Waals surface area contributed by atoms with Gasteiger partial charge in [0.25, 0.3) is 0 Å².